The normalized spacial score (nSPS) is 14.9. The maximum atomic E-state index is 12.7. The average molecular weight is 461 g/mol. The number of aromatic amines is 1. The molecule has 1 aromatic heterocycles. The third-order valence-corrected chi connectivity index (χ3v) is 6.87. The first-order chi connectivity index (χ1) is 16.6. The van der Waals surface area contributed by atoms with E-state index in [1.54, 1.807) is 12.1 Å². The van der Waals surface area contributed by atoms with Gasteiger partial charge in [-0.15, -0.1) is 0 Å². The van der Waals surface area contributed by atoms with Crippen molar-refractivity contribution in [1.82, 2.24) is 9.88 Å². The molecule has 2 heterocycles. The molecule has 0 radical (unpaired) electrons. The van der Waals surface area contributed by atoms with Crippen LogP contribution in [-0.4, -0.2) is 41.3 Å². The van der Waals surface area contributed by atoms with Crippen molar-refractivity contribution >= 4 is 34.1 Å². The lowest BCUT2D eigenvalue weighted by Gasteiger charge is -2.32. The van der Waals surface area contributed by atoms with E-state index in [4.69, 9.17) is 0 Å². The minimum Gasteiger partial charge on any atom is -0.361 e. The standard InChI is InChI=1S/C28H36N4O2/c1-3-5-8-15-32-16-13-20(14-17-32)24-19-29-25-12-11-21(18-23(24)25)30-28(34)31-26-10-7-6-9-22(26)27(33)4-2/h6-7,9-12,18-20,29H,3-5,8,13-17H2,1-2H3,(H2,30,31,34). The van der Waals surface area contributed by atoms with E-state index in [9.17, 15) is 9.59 Å². The molecule has 0 atom stereocenters. The summed E-state index contributed by atoms with van der Waals surface area (Å²) in [7, 11) is 0. The van der Waals surface area contributed by atoms with Crippen molar-refractivity contribution in [2.75, 3.05) is 30.3 Å². The van der Waals surface area contributed by atoms with Crippen molar-refractivity contribution in [2.45, 2.75) is 58.3 Å². The third-order valence-electron chi connectivity index (χ3n) is 6.87. The number of hydrogen-bond donors (Lipinski definition) is 3. The molecule has 1 aliphatic heterocycles. The van der Waals surface area contributed by atoms with Gasteiger partial charge in [0.25, 0.3) is 0 Å². The zero-order chi connectivity index (χ0) is 23.9. The van der Waals surface area contributed by atoms with Gasteiger partial charge in [-0.05, 0) is 80.7 Å². The fourth-order valence-corrected chi connectivity index (χ4v) is 4.92. The number of aromatic nitrogens is 1. The number of piperidine rings is 1. The molecule has 3 aromatic rings. The number of benzene rings is 2. The average Bonchev–Trinajstić information content (AvgIpc) is 3.28. The van der Waals surface area contributed by atoms with Crippen LogP contribution in [0.3, 0.4) is 0 Å². The Balaban J connectivity index is 1.42. The molecule has 6 heteroatoms. The van der Waals surface area contributed by atoms with E-state index < -0.39 is 0 Å². The van der Waals surface area contributed by atoms with E-state index in [-0.39, 0.29) is 11.8 Å². The second-order valence-electron chi connectivity index (χ2n) is 9.23. The number of anilines is 2. The number of rotatable bonds is 9. The second kappa shape index (κ2) is 11.3. The van der Waals surface area contributed by atoms with Gasteiger partial charge in [-0.3, -0.25) is 4.79 Å². The molecule has 0 saturated carbocycles. The summed E-state index contributed by atoms with van der Waals surface area (Å²) in [6.45, 7) is 7.58. The van der Waals surface area contributed by atoms with Crippen LogP contribution in [0.25, 0.3) is 10.9 Å². The van der Waals surface area contributed by atoms with Crippen molar-refractivity contribution < 1.29 is 9.59 Å². The number of nitrogens with one attached hydrogen (secondary N) is 3. The van der Waals surface area contributed by atoms with Gasteiger partial charge in [-0.1, -0.05) is 38.8 Å². The number of Topliss-reactive ketones (excluding diaryl/α,β-unsaturated/α-hetero) is 1. The van der Waals surface area contributed by atoms with E-state index in [2.05, 4.69) is 39.7 Å². The quantitative estimate of drug-likeness (QED) is 0.243. The Morgan fingerprint density at radius 2 is 1.82 bits per heavy atom. The van der Waals surface area contributed by atoms with Crippen LogP contribution < -0.4 is 10.6 Å². The van der Waals surface area contributed by atoms with Crippen LogP contribution >= 0.6 is 0 Å². The Morgan fingerprint density at radius 3 is 2.59 bits per heavy atom. The molecule has 34 heavy (non-hydrogen) atoms. The van der Waals surface area contributed by atoms with Crippen molar-refractivity contribution in [2.24, 2.45) is 0 Å². The smallest absolute Gasteiger partial charge is 0.323 e. The molecule has 4 rings (SSSR count). The molecule has 2 amide bonds. The van der Waals surface area contributed by atoms with Gasteiger partial charge < -0.3 is 20.5 Å². The Bertz CT molecular complexity index is 1130. The topological polar surface area (TPSA) is 77.2 Å². The van der Waals surface area contributed by atoms with Crippen LogP contribution in [0.2, 0.25) is 0 Å². The number of unbranched alkanes of at least 4 members (excludes halogenated alkanes) is 2. The summed E-state index contributed by atoms with van der Waals surface area (Å²) in [5, 5.41) is 6.94. The van der Waals surface area contributed by atoms with Gasteiger partial charge in [0.15, 0.2) is 5.78 Å². The number of likely N-dealkylation sites (tertiary alicyclic amines) is 1. The molecule has 6 nitrogen and oxygen atoms in total. The highest BCUT2D eigenvalue weighted by Crippen LogP contribution is 2.34. The molecule has 3 N–H and O–H groups in total. The SMILES string of the molecule is CCCCCN1CCC(c2c[nH]c3ccc(NC(=O)Nc4ccccc4C(=O)CC)cc23)CC1. The van der Waals surface area contributed by atoms with Crippen LogP contribution in [0.15, 0.2) is 48.7 Å². The fraction of sp³-hybridized carbons (Fsp3) is 0.429. The minimum atomic E-state index is -0.354. The number of H-pyrrole nitrogens is 1. The molecular weight excluding hydrogens is 424 g/mol. The maximum Gasteiger partial charge on any atom is 0.323 e. The van der Waals surface area contributed by atoms with E-state index in [1.165, 1.54) is 49.6 Å². The Labute approximate surface area is 202 Å². The number of ketones is 1. The van der Waals surface area contributed by atoms with Crippen molar-refractivity contribution in [1.29, 1.82) is 0 Å². The van der Waals surface area contributed by atoms with E-state index >= 15 is 0 Å². The van der Waals surface area contributed by atoms with Crippen molar-refractivity contribution in [3.05, 3.63) is 59.8 Å². The molecule has 2 aromatic carbocycles. The first kappa shape index (κ1) is 24.0. The molecule has 0 spiro atoms. The van der Waals surface area contributed by atoms with Gasteiger partial charge in [0, 0.05) is 34.8 Å². The second-order valence-corrected chi connectivity index (χ2v) is 9.23. The highest BCUT2D eigenvalue weighted by atomic mass is 16.2. The fourth-order valence-electron chi connectivity index (χ4n) is 4.92. The van der Waals surface area contributed by atoms with Gasteiger partial charge in [0.05, 0.1) is 5.69 Å². The Hall–Kier alpha value is -3.12. The summed E-state index contributed by atoms with van der Waals surface area (Å²) in [5.74, 6) is 0.540. The van der Waals surface area contributed by atoms with E-state index in [0.717, 1.165) is 24.3 Å². The van der Waals surface area contributed by atoms with E-state index in [1.807, 2.05) is 31.2 Å². The highest BCUT2D eigenvalue weighted by Gasteiger charge is 2.23. The summed E-state index contributed by atoms with van der Waals surface area (Å²) >= 11 is 0. The van der Waals surface area contributed by atoms with Gasteiger partial charge >= 0.3 is 6.03 Å². The summed E-state index contributed by atoms with van der Waals surface area (Å²) in [6.07, 6.45) is 8.74. The number of para-hydroxylation sites is 1. The molecule has 1 aliphatic rings. The number of carbonyl (C=O) groups excluding carboxylic acids is 2. The molecule has 0 aliphatic carbocycles. The number of fused-ring (bicyclic) bond motifs is 1. The highest BCUT2D eigenvalue weighted by molar-refractivity contribution is 6.07. The van der Waals surface area contributed by atoms with Crippen molar-refractivity contribution in [3.63, 3.8) is 0 Å². The zero-order valence-corrected chi connectivity index (χ0v) is 20.3. The molecular formula is C28H36N4O2. The monoisotopic (exact) mass is 460 g/mol. The lowest BCUT2D eigenvalue weighted by atomic mass is 9.89. The molecule has 0 unspecified atom stereocenters. The maximum absolute atomic E-state index is 12.7. The van der Waals surface area contributed by atoms with Crippen LogP contribution in [0.1, 0.15) is 74.2 Å². The Kier molecular flexibility index (Phi) is 8.01. The lowest BCUT2D eigenvalue weighted by molar-refractivity contribution is 0.0989. The predicted molar refractivity (Wildman–Crippen MR) is 140 cm³/mol. The zero-order valence-electron chi connectivity index (χ0n) is 20.3. The van der Waals surface area contributed by atoms with Gasteiger partial charge in [-0.2, -0.15) is 0 Å². The summed E-state index contributed by atoms with van der Waals surface area (Å²) in [6, 6.07) is 12.7. The van der Waals surface area contributed by atoms with Gasteiger partial charge in [-0.25, -0.2) is 4.79 Å². The Morgan fingerprint density at radius 1 is 1.03 bits per heavy atom. The largest absolute Gasteiger partial charge is 0.361 e. The van der Waals surface area contributed by atoms with Gasteiger partial charge in [0.2, 0.25) is 0 Å². The minimum absolute atomic E-state index is 0.00527. The summed E-state index contributed by atoms with van der Waals surface area (Å²) in [4.78, 5) is 30.9. The molecule has 0 bridgehead atoms. The predicted octanol–water partition coefficient (Wildman–Crippen LogP) is 6.77. The first-order valence-electron chi connectivity index (χ1n) is 12.6. The number of carbonyl (C=O) groups is 2. The molecule has 1 fully saturated rings. The summed E-state index contributed by atoms with van der Waals surface area (Å²) < 4.78 is 0. The van der Waals surface area contributed by atoms with Crippen LogP contribution in [0.4, 0.5) is 16.2 Å². The van der Waals surface area contributed by atoms with Crippen LogP contribution in [0.5, 0.6) is 0 Å². The van der Waals surface area contributed by atoms with Crippen LogP contribution in [-0.2, 0) is 0 Å². The first-order valence-corrected chi connectivity index (χ1v) is 12.6. The molecule has 180 valence electrons. The lowest BCUT2D eigenvalue weighted by Crippen LogP contribution is -2.33. The molecule has 1 saturated heterocycles. The van der Waals surface area contributed by atoms with Crippen LogP contribution in [0, 0.1) is 0 Å². The number of amides is 2. The number of hydrogen-bond acceptors (Lipinski definition) is 3. The van der Waals surface area contributed by atoms with E-state index in [0.29, 0.717) is 23.6 Å². The number of urea groups is 1. The number of nitrogens with zero attached hydrogens (tertiary/aromatic N) is 1. The van der Waals surface area contributed by atoms with Crippen molar-refractivity contribution in [3.8, 4) is 0 Å². The summed E-state index contributed by atoms with van der Waals surface area (Å²) in [5.41, 5.74) is 4.23. The third kappa shape index (κ3) is 5.68. The van der Waals surface area contributed by atoms with Gasteiger partial charge in [0.1, 0.15) is 0 Å².